The van der Waals surface area contributed by atoms with E-state index in [-0.39, 0.29) is 17.3 Å². The van der Waals surface area contributed by atoms with E-state index in [0.717, 1.165) is 27.9 Å². The summed E-state index contributed by atoms with van der Waals surface area (Å²) in [5.74, 6) is -0.214. The van der Waals surface area contributed by atoms with Gasteiger partial charge in [0.15, 0.2) is 0 Å². The first-order valence-electron chi connectivity index (χ1n) is 12.0. The maximum Gasteiger partial charge on any atom is 0.264 e. The van der Waals surface area contributed by atoms with Gasteiger partial charge in [-0.15, -0.1) is 0 Å². The first-order valence-corrected chi connectivity index (χ1v) is 13.8. The number of rotatable bonds is 6. The minimum atomic E-state index is -3.95. The minimum Gasteiger partial charge on any atom is -0.368 e. The molecule has 4 rings (SSSR count). The lowest BCUT2D eigenvalue weighted by molar-refractivity contribution is -0.129. The predicted molar refractivity (Wildman–Crippen MR) is 147 cm³/mol. The third-order valence-electron chi connectivity index (χ3n) is 6.67. The van der Waals surface area contributed by atoms with Gasteiger partial charge in [0.2, 0.25) is 5.91 Å². The topological polar surface area (TPSA) is 60.9 Å². The van der Waals surface area contributed by atoms with Gasteiger partial charge in [0.25, 0.3) is 10.0 Å². The number of carbonyl (C=O) groups is 1. The summed E-state index contributed by atoms with van der Waals surface area (Å²) in [6, 6.07) is 18.2. The number of halogens is 1. The number of carbonyl (C=O) groups excluding carboxylic acids is 1. The largest absolute Gasteiger partial charge is 0.368 e. The van der Waals surface area contributed by atoms with Crippen LogP contribution in [0.3, 0.4) is 0 Å². The Labute approximate surface area is 219 Å². The Balaban J connectivity index is 1.58. The second-order valence-corrected chi connectivity index (χ2v) is 11.7. The Morgan fingerprint density at radius 3 is 2.11 bits per heavy atom. The van der Waals surface area contributed by atoms with Gasteiger partial charge in [-0.3, -0.25) is 9.10 Å². The molecule has 0 spiro atoms. The molecule has 1 saturated heterocycles. The predicted octanol–water partition coefficient (Wildman–Crippen LogP) is 5.12. The Bertz CT molecular complexity index is 1370. The molecule has 0 unspecified atom stereocenters. The molecule has 8 heteroatoms. The van der Waals surface area contributed by atoms with Crippen molar-refractivity contribution in [3.05, 3.63) is 87.9 Å². The highest BCUT2D eigenvalue weighted by Gasteiger charge is 2.31. The molecule has 6 nitrogen and oxygen atoms in total. The van der Waals surface area contributed by atoms with Crippen LogP contribution in [-0.4, -0.2) is 51.9 Å². The maximum absolute atomic E-state index is 13.8. The van der Waals surface area contributed by atoms with Gasteiger partial charge in [0.1, 0.15) is 6.54 Å². The summed E-state index contributed by atoms with van der Waals surface area (Å²) in [4.78, 5) is 17.6. The second-order valence-electron chi connectivity index (χ2n) is 9.41. The third kappa shape index (κ3) is 5.52. The number of anilines is 2. The molecule has 0 aliphatic carbocycles. The van der Waals surface area contributed by atoms with E-state index in [2.05, 4.69) is 4.90 Å². The van der Waals surface area contributed by atoms with Gasteiger partial charge in [-0.2, -0.15) is 0 Å². The number of hydrogen-bond acceptors (Lipinski definition) is 4. The van der Waals surface area contributed by atoms with Crippen LogP contribution < -0.4 is 9.21 Å². The molecule has 3 aromatic rings. The first kappa shape index (κ1) is 26.0. The molecule has 1 amide bonds. The SMILES string of the molecule is Cc1ccc(S(=O)(=O)N(CC(=O)N2CCN(c3cc(Cl)ccc3C)CC2)c2cc(C)ccc2C)cc1. The van der Waals surface area contributed by atoms with Gasteiger partial charge in [0.05, 0.1) is 10.6 Å². The lowest BCUT2D eigenvalue weighted by atomic mass is 10.1. The summed E-state index contributed by atoms with van der Waals surface area (Å²) in [6.07, 6.45) is 0. The van der Waals surface area contributed by atoms with Crippen molar-refractivity contribution in [3.63, 3.8) is 0 Å². The van der Waals surface area contributed by atoms with Gasteiger partial charge in [-0.1, -0.05) is 47.5 Å². The first-order chi connectivity index (χ1) is 17.1. The average molecular weight is 526 g/mol. The molecular formula is C28H32ClN3O3S. The highest BCUT2D eigenvalue weighted by molar-refractivity contribution is 7.92. The van der Waals surface area contributed by atoms with Crippen LogP contribution in [0.4, 0.5) is 11.4 Å². The smallest absolute Gasteiger partial charge is 0.264 e. The summed E-state index contributed by atoms with van der Waals surface area (Å²) in [6.45, 7) is 9.81. The Morgan fingerprint density at radius 2 is 1.44 bits per heavy atom. The summed E-state index contributed by atoms with van der Waals surface area (Å²) in [5.41, 5.74) is 5.41. The number of aryl methyl sites for hydroxylation is 4. The Hall–Kier alpha value is -3.03. The van der Waals surface area contributed by atoms with Gasteiger partial charge >= 0.3 is 0 Å². The van der Waals surface area contributed by atoms with Gasteiger partial charge in [0, 0.05) is 36.9 Å². The van der Waals surface area contributed by atoms with Crippen LogP contribution in [0.1, 0.15) is 22.3 Å². The van der Waals surface area contributed by atoms with E-state index in [4.69, 9.17) is 11.6 Å². The Kier molecular flexibility index (Phi) is 7.62. The van der Waals surface area contributed by atoms with Gasteiger partial charge in [-0.05, 0) is 74.7 Å². The number of benzene rings is 3. The van der Waals surface area contributed by atoms with E-state index in [1.165, 1.54) is 4.31 Å². The zero-order valence-corrected chi connectivity index (χ0v) is 22.7. The summed E-state index contributed by atoms with van der Waals surface area (Å²) >= 11 is 6.20. The molecule has 1 aliphatic heterocycles. The molecule has 0 atom stereocenters. The summed E-state index contributed by atoms with van der Waals surface area (Å²) < 4.78 is 28.8. The number of amides is 1. The van der Waals surface area contributed by atoms with Crippen molar-refractivity contribution in [1.29, 1.82) is 0 Å². The fourth-order valence-electron chi connectivity index (χ4n) is 4.47. The van der Waals surface area contributed by atoms with Crippen molar-refractivity contribution in [2.45, 2.75) is 32.6 Å². The van der Waals surface area contributed by atoms with Crippen LogP contribution in [0.2, 0.25) is 5.02 Å². The van der Waals surface area contributed by atoms with Crippen LogP contribution in [0.5, 0.6) is 0 Å². The number of piperazine rings is 1. The van der Waals surface area contributed by atoms with Gasteiger partial charge in [-0.25, -0.2) is 8.42 Å². The number of sulfonamides is 1. The van der Waals surface area contributed by atoms with E-state index in [1.807, 2.05) is 64.1 Å². The molecule has 0 N–H and O–H groups in total. The fourth-order valence-corrected chi connectivity index (χ4v) is 6.10. The molecule has 0 radical (unpaired) electrons. The van der Waals surface area contributed by atoms with Crippen molar-refractivity contribution in [1.82, 2.24) is 4.90 Å². The van der Waals surface area contributed by atoms with E-state index in [0.29, 0.717) is 36.9 Å². The fraction of sp³-hybridized carbons (Fsp3) is 0.321. The molecule has 36 heavy (non-hydrogen) atoms. The van der Waals surface area contributed by atoms with Crippen LogP contribution in [0.25, 0.3) is 0 Å². The van der Waals surface area contributed by atoms with Crippen molar-refractivity contribution in [2.75, 3.05) is 41.9 Å². The standard InChI is InChI=1S/C28H32ClN3O3S/c1-20-6-11-25(12-7-20)36(34,35)32(27-17-21(2)5-8-23(27)4)19-28(33)31-15-13-30(14-16-31)26-18-24(29)10-9-22(26)3/h5-12,17-18H,13-16,19H2,1-4H3. The van der Waals surface area contributed by atoms with Crippen molar-refractivity contribution >= 4 is 38.9 Å². The number of hydrogen-bond donors (Lipinski definition) is 0. The quantitative estimate of drug-likeness (QED) is 0.448. The van der Waals surface area contributed by atoms with E-state index < -0.39 is 10.0 Å². The molecule has 0 aromatic heterocycles. The van der Waals surface area contributed by atoms with E-state index in [1.54, 1.807) is 29.2 Å². The number of nitrogens with zero attached hydrogens (tertiary/aromatic N) is 3. The molecule has 1 heterocycles. The molecule has 0 bridgehead atoms. The zero-order chi connectivity index (χ0) is 26.0. The van der Waals surface area contributed by atoms with Gasteiger partial charge < -0.3 is 9.80 Å². The minimum absolute atomic E-state index is 0.169. The molecule has 0 saturated carbocycles. The second kappa shape index (κ2) is 10.5. The normalized spacial score (nSPS) is 14.1. The van der Waals surface area contributed by atoms with Crippen LogP contribution >= 0.6 is 11.6 Å². The highest BCUT2D eigenvalue weighted by atomic mass is 35.5. The van der Waals surface area contributed by atoms with Crippen LogP contribution in [0, 0.1) is 27.7 Å². The maximum atomic E-state index is 13.8. The molecule has 3 aromatic carbocycles. The molecule has 1 fully saturated rings. The Morgan fingerprint density at radius 1 is 0.833 bits per heavy atom. The lowest BCUT2D eigenvalue weighted by Gasteiger charge is -2.38. The molecular weight excluding hydrogens is 494 g/mol. The summed E-state index contributed by atoms with van der Waals surface area (Å²) in [7, 11) is -3.95. The van der Waals surface area contributed by atoms with Crippen LogP contribution in [0.15, 0.2) is 65.6 Å². The van der Waals surface area contributed by atoms with Crippen molar-refractivity contribution in [2.24, 2.45) is 0 Å². The molecule has 190 valence electrons. The van der Waals surface area contributed by atoms with E-state index in [9.17, 15) is 13.2 Å². The van der Waals surface area contributed by atoms with E-state index >= 15 is 0 Å². The van der Waals surface area contributed by atoms with Crippen molar-refractivity contribution in [3.8, 4) is 0 Å². The zero-order valence-electron chi connectivity index (χ0n) is 21.2. The summed E-state index contributed by atoms with van der Waals surface area (Å²) in [5, 5.41) is 0.680. The van der Waals surface area contributed by atoms with Crippen LogP contribution in [-0.2, 0) is 14.8 Å². The van der Waals surface area contributed by atoms with Crippen molar-refractivity contribution < 1.29 is 13.2 Å². The molecule has 1 aliphatic rings. The monoisotopic (exact) mass is 525 g/mol. The average Bonchev–Trinajstić information content (AvgIpc) is 2.86. The lowest BCUT2D eigenvalue weighted by Crippen LogP contribution is -2.52. The third-order valence-corrected chi connectivity index (χ3v) is 8.67. The highest BCUT2D eigenvalue weighted by Crippen LogP contribution is 2.29.